The average Bonchev–Trinajstić information content (AvgIpc) is 2.82. The number of piperidine rings is 1. The van der Waals surface area contributed by atoms with Crippen molar-refractivity contribution in [3.05, 3.63) is 58.9 Å². The fraction of sp³-hybridized carbons (Fsp3) is 0.552. The molecule has 2 saturated heterocycles. The Morgan fingerprint density at radius 1 is 1.00 bits per heavy atom. The van der Waals surface area contributed by atoms with Gasteiger partial charge in [0.05, 0.1) is 0 Å². The first-order valence-corrected chi connectivity index (χ1v) is 13.0. The maximum absolute atomic E-state index is 14.3. The van der Waals surface area contributed by atoms with E-state index >= 15 is 0 Å². The molecule has 8 heteroatoms. The zero-order chi connectivity index (χ0) is 25.1. The van der Waals surface area contributed by atoms with E-state index in [9.17, 15) is 9.18 Å². The number of benzene rings is 2. The first-order chi connectivity index (χ1) is 16.7. The van der Waals surface area contributed by atoms with E-state index in [4.69, 9.17) is 0 Å². The number of hydrogen-bond donors (Lipinski definition) is 0. The van der Waals surface area contributed by atoms with E-state index in [1.165, 1.54) is 11.8 Å². The van der Waals surface area contributed by atoms with Crippen LogP contribution in [0.4, 0.5) is 15.8 Å². The number of likely N-dealkylation sites (N-methyl/N-ethyl adjacent to an activating group) is 1. The number of halogens is 3. The first kappa shape index (κ1) is 31.4. The highest BCUT2D eigenvalue weighted by molar-refractivity contribution is 5.97. The molecule has 5 nitrogen and oxygen atoms in total. The minimum Gasteiger partial charge on any atom is -0.369 e. The van der Waals surface area contributed by atoms with Gasteiger partial charge in [0, 0.05) is 63.1 Å². The molecule has 0 unspecified atom stereocenters. The molecule has 2 aliphatic heterocycles. The van der Waals surface area contributed by atoms with Gasteiger partial charge in [-0.1, -0.05) is 25.1 Å². The summed E-state index contributed by atoms with van der Waals surface area (Å²) in [7, 11) is 4.25. The molecule has 2 aromatic rings. The van der Waals surface area contributed by atoms with Crippen molar-refractivity contribution in [2.24, 2.45) is 11.8 Å². The number of carbonyl (C=O) groups is 1. The molecule has 206 valence electrons. The molecule has 0 saturated carbocycles. The minimum absolute atomic E-state index is 0. The maximum Gasteiger partial charge on any atom is 0.229 e. The summed E-state index contributed by atoms with van der Waals surface area (Å²) in [5, 5.41) is 0. The van der Waals surface area contributed by atoms with Crippen molar-refractivity contribution < 1.29 is 9.18 Å². The molecular weight excluding hydrogens is 510 g/mol. The second kappa shape index (κ2) is 13.8. The summed E-state index contributed by atoms with van der Waals surface area (Å²) in [4.78, 5) is 22.5. The van der Waals surface area contributed by atoms with Crippen molar-refractivity contribution in [3.8, 4) is 0 Å². The van der Waals surface area contributed by atoms with Crippen LogP contribution in [0.2, 0.25) is 0 Å². The minimum atomic E-state index is -0.151. The Bertz CT molecular complexity index is 1020. The van der Waals surface area contributed by atoms with Crippen molar-refractivity contribution >= 4 is 42.1 Å². The van der Waals surface area contributed by atoms with Crippen LogP contribution in [-0.4, -0.2) is 75.6 Å². The number of rotatable bonds is 7. The van der Waals surface area contributed by atoms with Crippen LogP contribution in [0.3, 0.4) is 0 Å². The standard InChI is InChI=1S/C29H41FN4O.2ClH/c1-21-17-26(33-14-12-32(13-15-33)11-10-31(4)5)18-22(2)28(21)34-20-24(16-23(3)29(34)35)19-25-8-6-7-9-27(25)30;;/h6-9,17-18,23-24H,10-16,19-20H2,1-5H3;2*1H/t23-,24-;;/m1../s1. The monoisotopic (exact) mass is 552 g/mol. The molecule has 0 aromatic heterocycles. The Hall–Kier alpha value is -1.86. The largest absolute Gasteiger partial charge is 0.369 e. The summed E-state index contributed by atoms with van der Waals surface area (Å²) in [5.41, 5.74) is 5.31. The van der Waals surface area contributed by atoms with E-state index in [2.05, 4.69) is 54.8 Å². The number of nitrogens with zero attached hydrogens (tertiary/aromatic N) is 4. The molecule has 37 heavy (non-hydrogen) atoms. The van der Waals surface area contributed by atoms with E-state index in [1.54, 1.807) is 6.07 Å². The highest BCUT2D eigenvalue weighted by Gasteiger charge is 2.34. The second-order valence-electron chi connectivity index (χ2n) is 10.8. The van der Waals surface area contributed by atoms with E-state index in [-0.39, 0.29) is 48.4 Å². The molecule has 2 atom stereocenters. The summed E-state index contributed by atoms with van der Waals surface area (Å²) in [6.45, 7) is 13.3. The van der Waals surface area contributed by atoms with Crippen molar-refractivity contribution in [3.63, 3.8) is 0 Å². The Morgan fingerprint density at radius 2 is 1.62 bits per heavy atom. The molecule has 0 aliphatic carbocycles. The van der Waals surface area contributed by atoms with Crippen LogP contribution in [0, 0.1) is 31.5 Å². The van der Waals surface area contributed by atoms with Gasteiger partial charge < -0.3 is 14.7 Å². The van der Waals surface area contributed by atoms with E-state index in [1.807, 2.05) is 24.0 Å². The predicted molar refractivity (Wildman–Crippen MR) is 157 cm³/mol. The van der Waals surface area contributed by atoms with E-state index in [0.717, 1.165) is 68.1 Å². The van der Waals surface area contributed by atoms with Crippen LogP contribution in [-0.2, 0) is 11.2 Å². The molecule has 0 N–H and O–H groups in total. The highest BCUT2D eigenvalue weighted by atomic mass is 35.5. The molecule has 2 aliphatic rings. The lowest BCUT2D eigenvalue weighted by molar-refractivity contribution is -0.124. The van der Waals surface area contributed by atoms with Crippen LogP contribution in [0.25, 0.3) is 0 Å². The summed E-state index contributed by atoms with van der Waals surface area (Å²) in [5.74, 6) is 0.216. The van der Waals surface area contributed by atoms with E-state index < -0.39 is 0 Å². The number of hydrogen-bond acceptors (Lipinski definition) is 4. The van der Waals surface area contributed by atoms with Crippen LogP contribution < -0.4 is 9.80 Å². The third kappa shape index (κ3) is 7.60. The van der Waals surface area contributed by atoms with Crippen LogP contribution >= 0.6 is 24.8 Å². The topological polar surface area (TPSA) is 30.0 Å². The molecule has 1 amide bonds. The van der Waals surface area contributed by atoms with Gasteiger partial charge in [-0.3, -0.25) is 9.69 Å². The van der Waals surface area contributed by atoms with Crippen molar-refractivity contribution in [2.75, 3.05) is 69.7 Å². The Labute approximate surface area is 234 Å². The third-order valence-electron chi connectivity index (χ3n) is 7.63. The van der Waals surface area contributed by atoms with Gasteiger partial charge in [0.2, 0.25) is 5.91 Å². The maximum atomic E-state index is 14.3. The number of carbonyl (C=O) groups excluding carboxylic acids is 1. The lowest BCUT2D eigenvalue weighted by atomic mass is 9.84. The van der Waals surface area contributed by atoms with Crippen molar-refractivity contribution in [1.29, 1.82) is 0 Å². The smallest absolute Gasteiger partial charge is 0.229 e. The summed E-state index contributed by atoms with van der Waals surface area (Å²) >= 11 is 0. The normalized spacial score (nSPS) is 20.6. The van der Waals surface area contributed by atoms with Gasteiger partial charge in [-0.2, -0.15) is 0 Å². The molecule has 0 spiro atoms. The van der Waals surface area contributed by atoms with Gasteiger partial charge in [-0.15, -0.1) is 24.8 Å². The zero-order valence-electron chi connectivity index (χ0n) is 22.9. The number of amides is 1. The van der Waals surface area contributed by atoms with Gasteiger partial charge in [0.25, 0.3) is 0 Å². The lowest BCUT2D eigenvalue weighted by Gasteiger charge is -2.39. The van der Waals surface area contributed by atoms with Crippen LogP contribution in [0.5, 0.6) is 0 Å². The molecule has 0 radical (unpaired) electrons. The quantitative estimate of drug-likeness (QED) is 0.472. The summed E-state index contributed by atoms with van der Waals surface area (Å²) in [6.07, 6.45) is 1.47. The Morgan fingerprint density at radius 3 is 2.22 bits per heavy atom. The average molecular weight is 554 g/mol. The molecule has 0 bridgehead atoms. The van der Waals surface area contributed by atoms with Crippen molar-refractivity contribution in [2.45, 2.75) is 33.6 Å². The number of piperazine rings is 1. The first-order valence-electron chi connectivity index (χ1n) is 13.0. The summed E-state index contributed by atoms with van der Waals surface area (Å²) in [6, 6.07) is 11.5. The fourth-order valence-electron chi connectivity index (χ4n) is 5.73. The molecule has 2 aromatic carbocycles. The zero-order valence-corrected chi connectivity index (χ0v) is 24.5. The third-order valence-corrected chi connectivity index (χ3v) is 7.63. The van der Waals surface area contributed by atoms with Crippen molar-refractivity contribution in [1.82, 2.24) is 9.80 Å². The number of aryl methyl sites for hydroxylation is 2. The van der Waals surface area contributed by atoms with Crippen LogP contribution in [0.15, 0.2) is 36.4 Å². The Balaban J connectivity index is 0.00000241. The molecule has 2 fully saturated rings. The SMILES string of the molecule is Cc1cc(N2CCN(CCN(C)C)CC2)cc(C)c1N1C[C@@H](Cc2ccccc2F)C[C@@H](C)C1=O.Cl.Cl. The molecule has 2 heterocycles. The molecular formula is C29H43Cl2FN4O. The highest BCUT2D eigenvalue weighted by Crippen LogP contribution is 2.36. The van der Waals surface area contributed by atoms with Gasteiger partial charge in [-0.05, 0) is 81.6 Å². The predicted octanol–water partition coefficient (Wildman–Crippen LogP) is 5.20. The molecule has 4 rings (SSSR count). The Kier molecular flexibility index (Phi) is 11.7. The van der Waals surface area contributed by atoms with E-state index in [0.29, 0.717) is 13.0 Å². The summed E-state index contributed by atoms with van der Waals surface area (Å²) < 4.78 is 14.3. The fourth-order valence-corrected chi connectivity index (χ4v) is 5.73. The lowest BCUT2D eigenvalue weighted by Crippen LogP contribution is -2.48. The van der Waals surface area contributed by atoms with Gasteiger partial charge >= 0.3 is 0 Å². The number of anilines is 2. The van der Waals surface area contributed by atoms with Gasteiger partial charge in [0.1, 0.15) is 5.82 Å². The van der Waals surface area contributed by atoms with Crippen LogP contribution in [0.1, 0.15) is 30.0 Å². The second-order valence-corrected chi connectivity index (χ2v) is 10.8. The van der Waals surface area contributed by atoms with Gasteiger partial charge in [-0.25, -0.2) is 4.39 Å². The van der Waals surface area contributed by atoms with Gasteiger partial charge in [0.15, 0.2) is 0 Å².